The lowest BCUT2D eigenvalue weighted by atomic mass is 10.2. The second kappa shape index (κ2) is 3.16. The zero-order chi connectivity index (χ0) is 7.56. The summed E-state index contributed by atoms with van der Waals surface area (Å²) in [4.78, 5) is 10.7. The summed E-state index contributed by atoms with van der Waals surface area (Å²) < 4.78 is 0.741. The van der Waals surface area contributed by atoms with E-state index in [1.165, 1.54) is 11.8 Å². The maximum absolute atomic E-state index is 10.7. The van der Waals surface area contributed by atoms with Gasteiger partial charge in [-0.25, -0.2) is 0 Å². The summed E-state index contributed by atoms with van der Waals surface area (Å²) in [7, 11) is 0. The van der Waals surface area contributed by atoms with Crippen LogP contribution in [0.3, 0.4) is 0 Å². The summed E-state index contributed by atoms with van der Waals surface area (Å²) in [6.45, 7) is 1.56. The molecule has 0 bridgehead atoms. The lowest BCUT2D eigenvalue weighted by molar-refractivity contribution is -0.113. The van der Waals surface area contributed by atoms with E-state index in [1.807, 2.05) is 0 Å². The molecule has 0 saturated heterocycles. The van der Waals surface area contributed by atoms with Crippen molar-refractivity contribution in [2.24, 2.45) is 0 Å². The first kappa shape index (κ1) is 7.75. The number of hydrogen-bond acceptors (Lipinski definition) is 3. The minimum absolute atomic E-state index is 0.113. The fourth-order valence-electron chi connectivity index (χ4n) is 0.576. The Morgan fingerprint density at radius 2 is 2.60 bits per heavy atom. The Kier molecular flexibility index (Phi) is 2.45. The van der Waals surface area contributed by atoms with Crippen LogP contribution in [0.1, 0.15) is 6.92 Å². The van der Waals surface area contributed by atoms with E-state index in [0.717, 1.165) is 9.89 Å². The van der Waals surface area contributed by atoms with E-state index in [4.69, 9.17) is 12.2 Å². The number of ketones is 1. The van der Waals surface area contributed by atoms with Gasteiger partial charge in [0.05, 0.1) is 0 Å². The molecule has 0 radical (unpaired) electrons. The SMILES string of the molecule is CC(=O)C1=CNC(=S)SC1. The summed E-state index contributed by atoms with van der Waals surface area (Å²) in [6.07, 6.45) is 1.68. The van der Waals surface area contributed by atoms with Gasteiger partial charge < -0.3 is 5.32 Å². The van der Waals surface area contributed by atoms with Crippen molar-refractivity contribution in [2.45, 2.75) is 6.92 Å². The van der Waals surface area contributed by atoms with Crippen molar-refractivity contribution in [1.82, 2.24) is 5.32 Å². The minimum atomic E-state index is 0.113. The van der Waals surface area contributed by atoms with Gasteiger partial charge in [0.25, 0.3) is 0 Å². The molecule has 10 heavy (non-hydrogen) atoms. The molecule has 1 aliphatic rings. The third-order valence-corrected chi connectivity index (χ3v) is 2.48. The zero-order valence-corrected chi connectivity index (χ0v) is 7.14. The monoisotopic (exact) mass is 173 g/mol. The largest absolute Gasteiger partial charge is 0.347 e. The average Bonchev–Trinajstić information content (AvgIpc) is 1.88. The first-order chi connectivity index (χ1) is 4.70. The Balaban J connectivity index is 2.65. The number of thioether (sulfide) groups is 1. The average molecular weight is 173 g/mol. The van der Waals surface area contributed by atoms with E-state index in [2.05, 4.69) is 5.32 Å². The molecule has 1 rings (SSSR count). The topological polar surface area (TPSA) is 29.1 Å². The molecular formula is C6H7NOS2. The van der Waals surface area contributed by atoms with E-state index < -0.39 is 0 Å². The number of carbonyl (C=O) groups excluding carboxylic acids is 1. The molecule has 1 heterocycles. The number of carbonyl (C=O) groups is 1. The number of Topliss-reactive ketones (excluding diaryl/α,β-unsaturated/α-hetero) is 1. The van der Waals surface area contributed by atoms with Crippen molar-refractivity contribution in [3.8, 4) is 0 Å². The maximum Gasteiger partial charge on any atom is 0.158 e. The van der Waals surface area contributed by atoms with Crippen LogP contribution in [0.15, 0.2) is 11.8 Å². The van der Waals surface area contributed by atoms with E-state index in [1.54, 1.807) is 13.1 Å². The van der Waals surface area contributed by atoms with Gasteiger partial charge in [0.15, 0.2) is 5.78 Å². The van der Waals surface area contributed by atoms with Gasteiger partial charge in [-0.3, -0.25) is 4.79 Å². The van der Waals surface area contributed by atoms with Crippen LogP contribution in [0.25, 0.3) is 0 Å². The van der Waals surface area contributed by atoms with Crippen molar-refractivity contribution < 1.29 is 4.79 Å². The number of thiocarbonyl (C=S) groups is 1. The minimum Gasteiger partial charge on any atom is -0.347 e. The van der Waals surface area contributed by atoms with Crippen LogP contribution in [0.2, 0.25) is 0 Å². The van der Waals surface area contributed by atoms with Crippen LogP contribution in [-0.4, -0.2) is 15.9 Å². The molecule has 0 saturated carbocycles. The van der Waals surface area contributed by atoms with Gasteiger partial charge in [-0.1, -0.05) is 24.0 Å². The van der Waals surface area contributed by atoms with E-state index in [9.17, 15) is 4.79 Å². The lowest BCUT2D eigenvalue weighted by Gasteiger charge is -2.11. The normalized spacial score (nSPS) is 17.7. The fourth-order valence-corrected chi connectivity index (χ4v) is 1.53. The molecule has 1 aliphatic heterocycles. The summed E-state index contributed by atoms with van der Waals surface area (Å²) in [6, 6.07) is 0. The third-order valence-electron chi connectivity index (χ3n) is 1.18. The van der Waals surface area contributed by atoms with Gasteiger partial charge in [-0.15, -0.1) is 0 Å². The van der Waals surface area contributed by atoms with Crippen molar-refractivity contribution in [2.75, 3.05) is 5.75 Å². The molecule has 0 atom stereocenters. The molecule has 4 heteroatoms. The second-order valence-corrected chi connectivity index (χ2v) is 3.60. The standard InChI is InChI=1S/C6H7NOS2/c1-4(8)5-2-7-6(9)10-3-5/h2H,3H2,1H3,(H,7,9). The van der Waals surface area contributed by atoms with Crippen molar-refractivity contribution >= 4 is 34.1 Å². The van der Waals surface area contributed by atoms with Crippen molar-refractivity contribution in [1.29, 1.82) is 0 Å². The van der Waals surface area contributed by atoms with Gasteiger partial charge in [-0.05, 0) is 6.92 Å². The smallest absolute Gasteiger partial charge is 0.158 e. The summed E-state index contributed by atoms with van der Waals surface area (Å²) in [5, 5.41) is 2.82. The van der Waals surface area contributed by atoms with Gasteiger partial charge in [0.2, 0.25) is 0 Å². The van der Waals surface area contributed by atoms with Crippen molar-refractivity contribution in [3.05, 3.63) is 11.8 Å². The van der Waals surface area contributed by atoms with Crippen molar-refractivity contribution in [3.63, 3.8) is 0 Å². The molecule has 54 valence electrons. The Labute approximate surface area is 69.1 Å². The quantitative estimate of drug-likeness (QED) is 0.601. The summed E-state index contributed by atoms with van der Waals surface area (Å²) in [5.41, 5.74) is 0.804. The highest BCUT2D eigenvalue weighted by Crippen LogP contribution is 2.13. The van der Waals surface area contributed by atoms with E-state index >= 15 is 0 Å². The van der Waals surface area contributed by atoms with Crippen LogP contribution < -0.4 is 5.32 Å². The molecule has 2 nitrogen and oxygen atoms in total. The van der Waals surface area contributed by atoms with Crippen LogP contribution in [0.4, 0.5) is 0 Å². The zero-order valence-electron chi connectivity index (χ0n) is 5.51. The molecular weight excluding hydrogens is 166 g/mol. The highest BCUT2D eigenvalue weighted by atomic mass is 32.2. The molecule has 0 aromatic carbocycles. The number of nitrogens with one attached hydrogen (secondary N) is 1. The Morgan fingerprint density at radius 3 is 3.00 bits per heavy atom. The molecule has 1 N–H and O–H groups in total. The third kappa shape index (κ3) is 1.82. The highest BCUT2D eigenvalue weighted by Gasteiger charge is 2.10. The number of rotatable bonds is 1. The molecule has 0 unspecified atom stereocenters. The van der Waals surface area contributed by atoms with Crippen LogP contribution in [-0.2, 0) is 4.79 Å². The molecule has 0 fully saturated rings. The summed E-state index contributed by atoms with van der Waals surface area (Å²) >= 11 is 6.33. The van der Waals surface area contributed by atoms with E-state index in [-0.39, 0.29) is 5.78 Å². The second-order valence-electron chi connectivity index (χ2n) is 1.95. The Bertz CT molecular complexity index is 210. The van der Waals surface area contributed by atoms with Gasteiger partial charge in [0, 0.05) is 17.5 Å². The molecule has 0 aliphatic carbocycles. The predicted octanol–water partition coefficient (Wildman–Crippen LogP) is 1.08. The Morgan fingerprint density at radius 1 is 1.90 bits per heavy atom. The Hall–Kier alpha value is -0.350. The van der Waals surface area contributed by atoms with E-state index in [0.29, 0.717) is 5.75 Å². The first-order valence-electron chi connectivity index (χ1n) is 2.83. The molecule has 0 aromatic heterocycles. The molecule has 0 amide bonds. The predicted molar refractivity (Wildman–Crippen MR) is 47.0 cm³/mol. The number of hydrogen-bond donors (Lipinski definition) is 1. The lowest BCUT2D eigenvalue weighted by Crippen LogP contribution is -2.20. The molecule has 0 spiro atoms. The fraction of sp³-hybridized carbons (Fsp3) is 0.333. The summed E-state index contributed by atoms with van der Waals surface area (Å²) in [5.74, 6) is 0.823. The molecule has 0 aromatic rings. The van der Waals surface area contributed by atoms with Gasteiger partial charge in [-0.2, -0.15) is 0 Å². The van der Waals surface area contributed by atoms with Crippen LogP contribution in [0, 0.1) is 0 Å². The van der Waals surface area contributed by atoms with Gasteiger partial charge >= 0.3 is 0 Å². The maximum atomic E-state index is 10.7. The van der Waals surface area contributed by atoms with Crippen LogP contribution >= 0.6 is 24.0 Å². The van der Waals surface area contributed by atoms with Gasteiger partial charge in [0.1, 0.15) is 4.32 Å². The highest BCUT2D eigenvalue weighted by molar-refractivity contribution is 8.23. The van der Waals surface area contributed by atoms with Crippen LogP contribution in [0.5, 0.6) is 0 Å². The first-order valence-corrected chi connectivity index (χ1v) is 4.23.